The normalized spacial score (nSPS) is 12.2. The first kappa shape index (κ1) is 27.7. The molecule has 0 saturated carbocycles. The van der Waals surface area contributed by atoms with Crippen LogP contribution < -0.4 is 5.32 Å². The fourth-order valence-electron chi connectivity index (χ4n) is 6.31. The minimum Gasteiger partial charge on any atom is -0.313 e. The first-order valence-corrected chi connectivity index (χ1v) is 15.1. The van der Waals surface area contributed by atoms with Gasteiger partial charge in [0.05, 0.1) is 0 Å². The van der Waals surface area contributed by atoms with Crippen molar-refractivity contribution >= 4 is 10.8 Å². The van der Waals surface area contributed by atoms with Crippen LogP contribution in [0.4, 0.5) is 0 Å². The van der Waals surface area contributed by atoms with Crippen LogP contribution in [0.15, 0.2) is 109 Å². The Labute approximate surface area is 249 Å². The topological polar surface area (TPSA) is 34.8 Å². The molecule has 0 fully saturated rings. The average molecular weight is 553 g/mol. The fraction of sp³-hybridized carbons (Fsp3) is 0.237. The second-order valence-corrected chi connectivity index (χ2v) is 11.3. The van der Waals surface area contributed by atoms with Crippen molar-refractivity contribution < 1.29 is 0 Å². The monoisotopic (exact) mass is 552 g/mol. The van der Waals surface area contributed by atoms with Crippen molar-refractivity contribution in [1.29, 1.82) is 0 Å². The molecule has 4 nitrogen and oxygen atoms in total. The summed E-state index contributed by atoms with van der Waals surface area (Å²) in [6.45, 7) is 10.5. The molecule has 0 aliphatic rings. The number of hydrogen-bond acceptors (Lipinski definition) is 2. The van der Waals surface area contributed by atoms with Crippen LogP contribution in [0.5, 0.6) is 0 Å². The van der Waals surface area contributed by atoms with E-state index in [-0.39, 0.29) is 5.92 Å². The van der Waals surface area contributed by atoms with E-state index in [1.165, 1.54) is 50.2 Å². The number of rotatable bonds is 10. The Morgan fingerprint density at radius 1 is 0.667 bits per heavy atom. The number of aromatic nitrogens is 3. The van der Waals surface area contributed by atoms with Gasteiger partial charge in [-0.3, -0.25) is 0 Å². The maximum absolute atomic E-state index is 5.26. The molecule has 1 atom stereocenters. The predicted octanol–water partition coefficient (Wildman–Crippen LogP) is 8.62. The summed E-state index contributed by atoms with van der Waals surface area (Å²) < 4.78 is 4.60. The van der Waals surface area contributed by atoms with Gasteiger partial charge in [-0.1, -0.05) is 79.7 Å². The molecular weight excluding hydrogens is 512 g/mol. The van der Waals surface area contributed by atoms with Crippen LogP contribution in [0.1, 0.15) is 58.7 Å². The largest absolute Gasteiger partial charge is 0.313 e. The molecule has 0 unspecified atom stereocenters. The van der Waals surface area contributed by atoms with E-state index in [2.05, 4.69) is 151 Å². The van der Waals surface area contributed by atoms with Gasteiger partial charge in [-0.2, -0.15) is 0 Å². The minimum absolute atomic E-state index is 0.226. The summed E-state index contributed by atoms with van der Waals surface area (Å²) in [5.74, 6) is 2.19. The molecule has 42 heavy (non-hydrogen) atoms. The van der Waals surface area contributed by atoms with Crippen LogP contribution in [0.2, 0.25) is 0 Å². The molecule has 6 rings (SSSR count). The lowest BCUT2D eigenvalue weighted by Gasteiger charge is -2.22. The molecule has 0 amide bonds. The first-order chi connectivity index (χ1) is 20.5. The first-order valence-electron chi connectivity index (χ1n) is 15.1. The highest BCUT2D eigenvalue weighted by atomic mass is 15.1. The Kier molecular flexibility index (Phi) is 8.07. The molecule has 4 heteroatoms. The Bertz CT molecular complexity index is 1780. The number of pyridine rings is 1. The summed E-state index contributed by atoms with van der Waals surface area (Å²) in [5, 5.41) is 6.38. The van der Waals surface area contributed by atoms with E-state index in [9.17, 15) is 0 Å². The lowest BCUT2D eigenvalue weighted by Crippen LogP contribution is -2.19. The van der Waals surface area contributed by atoms with Crippen LogP contribution in [0.25, 0.3) is 22.4 Å². The van der Waals surface area contributed by atoms with Crippen molar-refractivity contribution in [3.05, 3.63) is 149 Å². The van der Waals surface area contributed by atoms with Gasteiger partial charge in [-0.15, -0.1) is 0 Å². The van der Waals surface area contributed by atoms with E-state index in [4.69, 9.17) is 4.98 Å². The maximum Gasteiger partial charge on any atom is 0.139 e. The van der Waals surface area contributed by atoms with Crippen LogP contribution >= 0.6 is 0 Å². The van der Waals surface area contributed by atoms with Crippen LogP contribution in [0.3, 0.4) is 0 Å². The van der Waals surface area contributed by atoms with E-state index in [1.54, 1.807) is 0 Å². The second kappa shape index (κ2) is 12.2. The van der Waals surface area contributed by atoms with E-state index < -0.39 is 0 Å². The second-order valence-electron chi connectivity index (χ2n) is 11.3. The number of benzene rings is 3. The van der Waals surface area contributed by atoms with Gasteiger partial charge >= 0.3 is 0 Å². The van der Waals surface area contributed by atoms with Gasteiger partial charge in [0, 0.05) is 35.2 Å². The molecule has 3 heterocycles. The number of nitrogens with one attached hydrogen (secondary N) is 1. The highest BCUT2D eigenvalue weighted by Gasteiger charge is 2.20. The smallest absolute Gasteiger partial charge is 0.139 e. The molecule has 0 aliphatic heterocycles. The minimum atomic E-state index is 0.226. The van der Waals surface area contributed by atoms with E-state index >= 15 is 0 Å². The predicted molar refractivity (Wildman–Crippen MR) is 175 cm³/mol. The number of fused-ring (bicyclic) bond motifs is 1. The number of hydrogen-bond donors (Lipinski definition) is 1. The van der Waals surface area contributed by atoms with E-state index in [0.717, 1.165) is 37.6 Å². The zero-order valence-electron chi connectivity index (χ0n) is 25.1. The van der Waals surface area contributed by atoms with Crippen LogP contribution in [-0.2, 0) is 13.0 Å². The van der Waals surface area contributed by atoms with Crippen molar-refractivity contribution in [1.82, 2.24) is 19.4 Å². The van der Waals surface area contributed by atoms with Gasteiger partial charge in [0.25, 0.3) is 0 Å². The third-order valence-electron chi connectivity index (χ3n) is 8.48. The number of aryl methyl sites for hydroxylation is 4. The average Bonchev–Trinajstić information content (AvgIpc) is 3.57. The molecule has 0 spiro atoms. The summed E-state index contributed by atoms with van der Waals surface area (Å²) in [5.41, 5.74) is 8.82. The SMILES string of the molecule is CCc1ccc(C)n1-c1cc([C@H](CCNCc2cccc3ccccc23)c2ccccc2)cc(-n2c(C)ccc2C)n1. The van der Waals surface area contributed by atoms with Crippen molar-refractivity contribution in [2.75, 3.05) is 6.54 Å². The molecule has 6 aromatic rings. The fourth-order valence-corrected chi connectivity index (χ4v) is 6.31. The summed E-state index contributed by atoms with van der Waals surface area (Å²) in [4.78, 5) is 5.26. The summed E-state index contributed by atoms with van der Waals surface area (Å²) in [7, 11) is 0. The van der Waals surface area contributed by atoms with Gasteiger partial charge in [0.1, 0.15) is 11.6 Å². The summed E-state index contributed by atoms with van der Waals surface area (Å²) in [6.07, 6.45) is 1.93. The van der Waals surface area contributed by atoms with Gasteiger partial charge in [-0.05, 0) is 104 Å². The highest BCUT2D eigenvalue weighted by molar-refractivity contribution is 5.85. The third kappa shape index (κ3) is 5.55. The Hall–Kier alpha value is -4.41. The van der Waals surface area contributed by atoms with Gasteiger partial charge in [-0.25, -0.2) is 4.98 Å². The molecule has 0 saturated heterocycles. The van der Waals surface area contributed by atoms with Crippen molar-refractivity contribution in [2.45, 2.75) is 53.0 Å². The van der Waals surface area contributed by atoms with E-state index in [1.807, 2.05) is 0 Å². The zero-order chi connectivity index (χ0) is 29.1. The van der Waals surface area contributed by atoms with Crippen molar-refractivity contribution in [3.63, 3.8) is 0 Å². The molecule has 1 N–H and O–H groups in total. The molecule has 0 radical (unpaired) electrons. The molecular formula is C38H40N4. The zero-order valence-corrected chi connectivity index (χ0v) is 25.1. The standard InChI is InChI=1S/C38H40N4/c1-5-34-21-20-29(4)42(34)38-25-33(24-37(40-38)41-27(2)18-19-28(41)3)36(30-12-7-6-8-13-30)22-23-39-26-32-16-11-15-31-14-9-10-17-35(31)32/h6-21,24-25,36,39H,5,22-23,26H2,1-4H3/t36-/m1/s1. The van der Waals surface area contributed by atoms with Gasteiger partial charge < -0.3 is 14.5 Å². The maximum atomic E-state index is 5.26. The third-order valence-corrected chi connectivity index (χ3v) is 8.48. The molecule has 0 bridgehead atoms. The molecule has 0 aliphatic carbocycles. The Morgan fingerprint density at radius 3 is 2.07 bits per heavy atom. The quantitative estimate of drug-likeness (QED) is 0.173. The van der Waals surface area contributed by atoms with Crippen LogP contribution in [-0.4, -0.2) is 20.7 Å². The van der Waals surface area contributed by atoms with Crippen molar-refractivity contribution in [3.8, 4) is 11.6 Å². The lowest BCUT2D eigenvalue weighted by atomic mass is 9.88. The molecule has 212 valence electrons. The van der Waals surface area contributed by atoms with Gasteiger partial charge in [0.15, 0.2) is 0 Å². The molecule has 3 aromatic heterocycles. The highest BCUT2D eigenvalue weighted by Crippen LogP contribution is 2.32. The van der Waals surface area contributed by atoms with E-state index in [0.29, 0.717) is 0 Å². The summed E-state index contributed by atoms with van der Waals surface area (Å²) >= 11 is 0. The number of nitrogens with zero attached hydrogens (tertiary/aromatic N) is 3. The van der Waals surface area contributed by atoms with Crippen LogP contribution in [0, 0.1) is 20.8 Å². The van der Waals surface area contributed by atoms with Crippen molar-refractivity contribution in [2.24, 2.45) is 0 Å². The van der Waals surface area contributed by atoms with Gasteiger partial charge in [0.2, 0.25) is 0 Å². The Morgan fingerprint density at radius 2 is 1.31 bits per heavy atom. The Balaban J connectivity index is 1.37. The molecule has 3 aromatic carbocycles. The lowest BCUT2D eigenvalue weighted by molar-refractivity contribution is 0.612. The summed E-state index contributed by atoms with van der Waals surface area (Å²) in [6, 6.07) is 39.5.